The van der Waals surface area contributed by atoms with Crippen molar-refractivity contribution >= 4 is 5.69 Å². The summed E-state index contributed by atoms with van der Waals surface area (Å²) in [5.74, 6) is 0. The summed E-state index contributed by atoms with van der Waals surface area (Å²) in [6.07, 6.45) is 7.39. The zero-order chi connectivity index (χ0) is 10.8. The summed E-state index contributed by atoms with van der Waals surface area (Å²) in [4.78, 5) is 0. The molecule has 1 aromatic heterocycles. The molecule has 0 fully saturated rings. The molecule has 0 saturated carbocycles. The van der Waals surface area contributed by atoms with Crippen LogP contribution >= 0.6 is 0 Å². The molecule has 3 rings (SSSR count). The summed E-state index contributed by atoms with van der Waals surface area (Å²) in [6, 6.07) is 9.14. The van der Waals surface area contributed by atoms with Crippen LogP contribution < -0.4 is 5.32 Å². The van der Waals surface area contributed by atoms with Gasteiger partial charge in [0.1, 0.15) is 0 Å². The highest BCUT2D eigenvalue weighted by atomic mass is 15.1. The van der Waals surface area contributed by atoms with Gasteiger partial charge in [-0.2, -0.15) is 5.10 Å². The third-order valence-electron chi connectivity index (χ3n) is 3.21. The third kappa shape index (κ3) is 1.69. The highest BCUT2D eigenvalue weighted by Gasteiger charge is 2.19. The number of nitrogens with one attached hydrogen (secondary N) is 2. The first kappa shape index (κ1) is 9.46. The van der Waals surface area contributed by atoms with Gasteiger partial charge in [0.2, 0.25) is 0 Å². The second-order valence-electron chi connectivity index (χ2n) is 4.27. The molecule has 0 radical (unpaired) electrons. The summed E-state index contributed by atoms with van der Waals surface area (Å²) in [5, 5.41) is 10.3. The summed E-state index contributed by atoms with van der Waals surface area (Å²) in [5.41, 5.74) is 3.99. The Morgan fingerprint density at radius 3 is 3.12 bits per heavy atom. The fraction of sp³-hybridized carbons (Fsp3) is 0.308. The van der Waals surface area contributed by atoms with Gasteiger partial charge in [-0.1, -0.05) is 24.3 Å². The lowest BCUT2D eigenvalue weighted by Crippen LogP contribution is -2.16. The van der Waals surface area contributed by atoms with E-state index in [0.717, 1.165) is 5.69 Å². The maximum atomic E-state index is 3.96. The fourth-order valence-electron chi connectivity index (χ4n) is 2.43. The standard InChI is InChI=1S/C13H15N3/c1-2-6-12-10(4-1)5-3-7-13(12)16-11-8-14-15-9-11/h1-2,4,6,8-9,13,16H,3,5,7H2,(H,14,15)/t13-/m0/s1. The molecule has 3 heteroatoms. The van der Waals surface area contributed by atoms with E-state index >= 15 is 0 Å². The van der Waals surface area contributed by atoms with Crippen molar-refractivity contribution in [3.05, 3.63) is 47.8 Å². The van der Waals surface area contributed by atoms with Gasteiger partial charge < -0.3 is 5.32 Å². The quantitative estimate of drug-likeness (QED) is 0.805. The maximum absolute atomic E-state index is 3.96. The molecule has 1 atom stereocenters. The van der Waals surface area contributed by atoms with Gasteiger partial charge >= 0.3 is 0 Å². The summed E-state index contributed by atoms with van der Waals surface area (Å²) in [7, 11) is 0. The van der Waals surface area contributed by atoms with Gasteiger partial charge in [-0.3, -0.25) is 5.10 Å². The van der Waals surface area contributed by atoms with Crippen LogP contribution in [0.25, 0.3) is 0 Å². The second-order valence-corrected chi connectivity index (χ2v) is 4.27. The van der Waals surface area contributed by atoms with Crippen molar-refractivity contribution in [1.82, 2.24) is 10.2 Å². The highest BCUT2D eigenvalue weighted by molar-refractivity contribution is 5.44. The number of anilines is 1. The lowest BCUT2D eigenvalue weighted by Gasteiger charge is -2.26. The first-order valence-corrected chi connectivity index (χ1v) is 5.76. The van der Waals surface area contributed by atoms with Gasteiger partial charge in [-0.05, 0) is 30.4 Å². The first-order chi connectivity index (χ1) is 7.93. The van der Waals surface area contributed by atoms with Gasteiger partial charge in [-0.15, -0.1) is 0 Å². The molecule has 0 amide bonds. The van der Waals surface area contributed by atoms with Crippen LogP contribution in [0, 0.1) is 0 Å². The molecule has 0 saturated heterocycles. The van der Waals surface area contributed by atoms with Crippen LogP contribution in [0.3, 0.4) is 0 Å². The van der Waals surface area contributed by atoms with Crippen molar-refractivity contribution in [2.75, 3.05) is 5.32 Å². The van der Waals surface area contributed by atoms with Crippen LogP contribution in [0.15, 0.2) is 36.7 Å². The molecule has 1 aromatic carbocycles. The summed E-state index contributed by atoms with van der Waals surface area (Å²) in [6.45, 7) is 0. The summed E-state index contributed by atoms with van der Waals surface area (Å²) >= 11 is 0. The second kappa shape index (κ2) is 4.00. The topological polar surface area (TPSA) is 40.7 Å². The van der Waals surface area contributed by atoms with Gasteiger partial charge in [0.05, 0.1) is 17.9 Å². The fourth-order valence-corrected chi connectivity index (χ4v) is 2.43. The van der Waals surface area contributed by atoms with Crippen LogP contribution in [0.2, 0.25) is 0 Å². The van der Waals surface area contributed by atoms with E-state index in [1.807, 2.05) is 12.4 Å². The smallest absolute Gasteiger partial charge is 0.0728 e. The highest BCUT2D eigenvalue weighted by Crippen LogP contribution is 2.31. The molecule has 1 aliphatic rings. The Morgan fingerprint density at radius 2 is 2.25 bits per heavy atom. The van der Waals surface area contributed by atoms with Gasteiger partial charge in [0.15, 0.2) is 0 Å². The number of rotatable bonds is 2. The number of benzene rings is 1. The minimum absolute atomic E-state index is 0.433. The number of nitrogens with zero attached hydrogens (tertiary/aromatic N) is 1. The monoisotopic (exact) mass is 213 g/mol. The molecule has 3 nitrogen and oxygen atoms in total. The molecule has 1 heterocycles. The predicted molar refractivity (Wildman–Crippen MR) is 64.3 cm³/mol. The number of hydrogen-bond acceptors (Lipinski definition) is 2. The van der Waals surface area contributed by atoms with Crippen LogP contribution in [-0.2, 0) is 6.42 Å². The molecule has 2 aromatic rings. The summed E-state index contributed by atoms with van der Waals surface area (Å²) < 4.78 is 0. The van der Waals surface area contributed by atoms with Crippen molar-refractivity contribution in [3.8, 4) is 0 Å². The number of aryl methyl sites for hydroxylation is 1. The Labute approximate surface area is 94.9 Å². The molecular formula is C13H15N3. The van der Waals surface area contributed by atoms with Crippen molar-refractivity contribution in [2.24, 2.45) is 0 Å². The van der Waals surface area contributed by atoms with E-state index in [2.05, 4.69) is 39.8 Å². The van der Waals surface area contributed by atoms with Gasteiger partial charge in [0, 0.05) is 6.20 Å². The Bertz CT molecular complexity index is 462. The molecular weight excluding hydrogens is 198 g/mol. The molecule has 16 heavy (non-hydrogen) atoms. The first-order valence-electron chi connectivity index (χ1n) is 5.76. The zero-order valence-electron chi connectivity index (χ0n) is 9.11. The van der Waals surface area contributed by atoms with Crippen LogP contribution in [-0.4, -0.2) is 10.2 Å². The number of aromatic nitrogens is 2. The number of fused-ring (bicyclic) bond motifs is 1. The molecule has 1 aliphatic carbocycles. The zero-order valence-corrected chi connectivity index (χ0v) is 9.11. The van der Waals surface area contributed by atoms with E-state index < -0.39 is 0 Å². The van der Waals surface area contributed by atoms with E-state index in [0.29, 0.717) is 6.04 Å². The van der Waals surface area contributed by atoms with Crippen molar-refractivity contribution in [3.63, 3.8) is 0 Å². The largest absolute Gasteiger partial charge is 0.376 e. The molecule has 0 unspecified atom stereocenters. The average Bonchev–Trinajstić information content (AvgIpc) is 2.82. The number of hydrogen-bond donors (Lipinski definition) is 2. The molecule has 82 valence electrons. The Kier molecular flexibility index (Phi) is 2.37. The van der Waals surface area contributed by atoms with E-state index in [4.69, 9.17) is 0 Å². The lowest BCUT2D eigenvalue weighted by atomic mass is 9.88. The Hall–Kier alpha value is -1.77. The third-order valence-corrected chi connectivity index (χ3v) is 3.21. The average molecular weight is 213 g/mol. The number of H-pyrrole nitrogens is 1. The molecule has 2 N–H and O–H groups in total. The van der Waals surface area contributed by atoms with E-state index in [-0.39, 0.29) is 0 Å². The SMILES string of the molecule is c1ccc2c(c1)CCC[C@@H]2Nc1cn[nH]c1. The van der Waals surface area contributed by atoms with Crippen LogP contribution in [0.1, 0.15) is 30.0 Å². The van der Waals surface area contributed by atoms with Crippen LogP contribution in [0.4, 0.5) is 5.69 Å². The van der Waals surface area contributed by atoms with Crippen molar-refractivity contribution in [2.45, 2.75) is 25.3 Å². The minimum Gasteiger partial charge on any atom is -0.376 e. The van der Waals surface area contributed by atoms with E-state index in [1.54, 1.807) is 0 Å². The minimum atomic E-state index is 0.433. The van der Waals surface area contributed by atoms with E-state index in [9.17, 15) is 0 Å². The van der Waals surface area contributed by atoms with Crippen LogP contribution in [0.5, 0.6) is 0 Å². The van der Waals surface area contributed by atoms with Crippen molar-refractivity contribution < 1.29 is 0 Å². The molecule has 0 aliphatic heterocycles. The lowest BCUT2D eigenvalue weighted by molar-refractivity contribution is 0.600. The van der Waals surface area contributed by atoms with Crippen molar-refractivity contribution in [1.29, 1.82) is 0 Å². The Morgan fingerprint density at radius 1 is 1.31 bits per heavy atom. The normalized spacial score (nSPS) is 19.1. The maximum Gasteiger partial charge on any atom is 0.0728 e. The van der Waals surface area contributed by atoms with E-state index in [1.165, 1.54) is 30.4 Å². The Balaban J connectivity index is 1.87. The van der Waals surface area contributed by atoms with Gasteiger partial charge in [-0.25, -0.2) is 0 Å². The molecule has 0 bridgehead atoms. The number of aromatic amines is 1. The van der Waals surface area contributed by atoms with Gasteiger partial charge in [0.25, 0.3) is 0 Å². The molecule has 0 spiro atoms. The predicted octanol–water partition coefficient (Wildman–Crippen LogP) is 2.90.